The topological polar surface area (TPSA) is 88.9 Å². The lowest BCUT2D eigenvalue weighted by Crippen LogP contribution is -2.31. The van der Waals surface area contributed by atoms with Crippen molar-refractivity contribution in [2.75, 3.05) is 11.1 Å². The summed E-state index contributed by atoms with van der Waals surface area (Å²) in [5, 5.41) is 16.0. The number of carbonyl (C=O) groups is 2. The Balaban J connectivity index is 1.68. The van der Waals surface area contributed by atoms with Gasteiger partial charge in [-0.3, -0.25) is 9.59 Å². The Morgan fingerprint density at radius 3 is 2.42 bits per heavy atom. The summed E-state index contributed by atoms with van der Waals surface area (Å²) in [6.45, 7) is 4.14. The van der Waals surface area contributed by atoms with Crippen molar-refractivity contribution in [2.45, 2.75) is 31.5 Å². The molecular weight excluding hydrogens is 481 g/mol. The predicted octanol–water partition coefficient (Wildman–Crippen LogP) is 5.37. The third-order valence-corrected chi connectivity index (χ3v) is 6.37. The maximum Gasteiger partial charge on any atom is 0.253 e. The molecule has 2 aromatic carbocycles. The van der Waals surface area contributed by atoms with E-state index in [2.05, 4.69) is 34.7 Å². The molecule has 33 heavy (non-hydrogen) atoms. The zero-order valence-corrected chi connectivity index (χ0v) is 20.8. The fourth-order valence-corrected chi connectivity index (χ4v) is 4.26. The van der Waals surface area contributed by atoms with Crippen molar-refractivity contribution in [3.05, 3.63) is 70.0 Å². The van der Waals surface area contributed by atoms with Gasteiger partial charge in [0.15, 0.2) is 11.0 Å². The number of nitrogens with one attached hydrogen (secondary N) is 2. The minimum atomic E-state index is -0.358. The normalized spacial score (nSPS) is 11.9. The molecule has 1 aromatic heterocycles. The van der Waals surface area contributed by atoms with Crippen LogP contribution >= 0.6 is 35.0 Å². The van der Waals surface area contributed by atoms with E-state index in [4.69, 9.17) is 23.2 Å². The Morgan fingerprint density at radius 2 is 1.76 bits per heavy atom. The summed E-state index contributed by atoms with van der Waals surface area (Å²) in [5.41, 5.74) is 1.08. The summed E-state index contributed by atoms with van der Waals surface area (Å²) in [6.07, 6.45) is 0.671. The van der Waals surface area contributed by atoms with E-state index in [9.17, 15) is 9.59 Å². The zero-order chi connectivity index (χ0) is 24.0. The first-order valence-electron chi connectivity index (χ1n) is 10.4. The number of rotatable bonds is 9. The molecule has 2 N–H and O–H groups in total. The first-order valence-corrected chi connectivity index (χ1v) is 12.1. The number of aromatic nitrogens is 3. The minimum Gasteiger partial charge on any atom is -0.342 e. The van der Waals surface area contributed by atoms with Crippen LogP contribution in [-0.4, -0.2) is 32.3 Å². The van der Waals surface area contributed by atoms with Crippen LogP contribution in [0.5, 0.6) is 0 Å². The number of nitrogens with zero attached hydrogens (tertiary/aromatic N) is 3. The molecule has 0 aliphatic carbocycles. The Hall–Kier alpha value is -2.55. The number of benzene rings is 2. The van der Waals surface area contributed by atoms with Crippen LogP contribution in [0, 0.1) is 5.92 Å². The van der Waals surface area contributed by atoms with Crippen molar-refractivity contribution in [3.8, 4) is 0 Å². The van der Waals surface area contributed by atoms with Crippen molar-refractivity contribution in [1.82, 2.24) is 20.1 Å². The molecule has 0 unspecified atom stereocenters. The summed E-state index contributed by atoms with van der Waals surface area (Å²) >= 11 is 13.3. The highest BCUT2D eigenvalue weighted by molar-refractivity contribution is 7.99. The van der Waals surface area contributed by atoms with E-state index >= 15 is 0 Å². The van der Waals surface area contributed by atoms with E-state index in [0.29, 0.717) is 44.6 Å². The average molecular weight is 506 g/mol. The Bertz CT molecular complexity index is 1120. The molecule has 0 saturated heterocycles. The molecule has 1 atom stereocenters. The molecule has 0 bridgehead atoms. The lowest BCUT2D eigenvalue weighted by atomic mass is 10.0. The van der Waals surface area contributed by atoms with Crippen molar-refractivity contribution in [1.29, 1.82) is 0 Å². The Kier molecular flexibility index (Phi) is 8.77. The van der Waals surface area contributed by atoms with Crippen LogP contribution < -0.4 is 10.6 Å². The second-order valence-corrected chi connectivity index (χ2v) is 9.67. The van der Waals surface area contributed by atoms with Gasteiger partial charge in [0.1, 0.15) is 0 Å². The van der Waals surface area contributed by atoms with E-state index in [1.54, 1.807) is 53.1 Å². The third-order valence-electron chi connectivity index (χ3n) is 4.77. The molecular formula is C23H25Cl2N5O2S. The zero-order valence-electron chi connectivity index (χ0n) is 18.5. The Labute approximate surface area is 207 Å². The first-order chi connectivity index (χ1) is 15.7. The molecule has 0 saturated carbocycles. The second-order valence-electron chi connectivity index (χ2n) is 7.88. The highest BCUT2D eigenvalue weighted by atomic mass is 35.5. The summed E-state index contributed by atoms with van der Waals surface area (Å²) in [5.74, 6) is 0.641. The SMILES string of the molecule is CC(C)C[C@H](NC(=O)c1ccccc1Cl)c1nnc(SCC(=O)Nc2ccc(Cl)cc2)n1C. The van der Waals surface area contributed by atoms with Gasteiger partial charge >= 0.3 is 0 Å². The van der Waals surface area contributed by atoms with E-state index in [1.165, 1.54) is 11.8 Å². The van der Waals surface area contributed by atoms with Gasteiger partial charge in [-0.25, -0.2) is 0 Å². The van der Waals surface area contributed by atoms with E-state index in [1.807, 2.05) is 7.05 Å². The quantitative estimate of drug-likeness (QED) is 0.381. The average Bonchev–Trinajstić information content (AvgIpc) is 3.13. The second kappa shape index (κ2) is 11.5. The summed E-state index contributed by atoms with van der Waals surface area (Å²) < 4.78 is 1.81. The molecule has 0 aliphatic rings. The van der Waals surface area contributed by atoms with Gasteiger partial charge in [0.2, 0.25) is 5.91 Å². The van der Waals surface area contributed by atoms with Crippen LogP contribution in [0.2, 0.25) is 10.0 Å². The molecule has 0 spiro atoms. The van der Waals surface area contributed by atoms with Gasteiger partial charge in [0.25, 0.3) is 5.91 Å². The number of hydrogen-bond donors (Lipinski definition) is 2. The van der Waals surface area contributed by atoms with Gasteiger partial charge in [-0.05, 0) is 48.7 Å². The van der Waals surface area contributed by atoms with Gasteiger partial charge in [-0.15, -0.1) is 10.2 Å². The maximum absolute atomic E-state index is 12.8. The molecule has 174 valence electrons. The van der Waals surface area contributed by atoms with E-state index < -0.39 is 0 Å². The van der Waals surface area contributed by atoms with Gasteiger partial charge in [-0.2, -0.15) is 0 Å². The van der Waals surface area contributed by atoms with Crippen LogP contribution in [0.15, 0.2) is 53.7 Å². The molecule has 3 aromatic rings. The van der Waals surface area contributed by atoms with Gasteiger partial charge in [-0.1, -0.05) is 60.9 Å². The largest absolute Gasteiger partial charge is 0.342 e. The molecule has 7 nitrogen and oxygen atoms in total. The van der Waals surface area contributed by atoms with Crippen molar-refractivity contribution in [2.24, 2.45) is 13.0 Å². The monoisotopic (exact) mass is 505 g/mol. The van der Waals surface area contributed by atoms with Gasteiger partial charge in [0.05, 0.1) is 22.4 Å². The van der Waals surface area contributed by atoms with Crippen LogP contribution in [0.3, 0.4) is 0 Å². The van der Waals surface area contributed by atoms with E-state index in [0.717, 1.165) is 0 Å². The molecule has 2 amide bonds. The number of carbonyl (C=O) groups excluding carboxylic acids is 2. The number of amides is 2. The van der Waals surface area contributed by atoms with Crippen LogP contribution in [-0.2, 0) is 11.8 Å². The summed E-state index contributed by atoms with van der Waals surface area (Å²) in [7, 11) is 1.82. The highest BCUT2D eigenvalue weighted by Crippen LogP contribution is 2.25. The minimum absolute atomic E-state index is 0.162. The molecule has 0 radical (unpaired) electrons. The third kappa shape index (κ3) is 6.96. The fraction of sp³-hybridized carbons (Fsp3) is 0.304. The number of anilines is 1. The van der Waals surface area contributed by atoms with Crippen molar-refractivity contribution in [3.63, 3.8) is 0 Å². The maximum atomic E-state index is 12.8. The standard InChI is InChI=1S/C23H25Cl2N5O2S/c1-14(2)12-19(27-22(32)17-6-4-5-7-18(17)25)21-28-29-23(30(21)3)33-13-20(31)26-16-10-8-15(24)9-11-16/h4-11,14,19H,12-13H2,1-3H3,(H,26,31)(H,27,32)/t19-/m0/s1. The fourth-order valence-electron chi connectivity index (χ4n) is 3.20. The lowest BCUT2D eigenvalue weighted by molar-refractivity contribution is -0.113. The van der Waals surface area contributed by atoms with Gasteiger partial charge < -0.3 is 15.2 Å². The molecule has 1 heterocycles. The van der Waals surface area contributed by atoms with E-state index in [-0.39, 0.29) is 23.6 Å². The lowest BCUT2D eigenvalue weighted by Gasteiger charge is -2.20. The van der Waals surface area contributed by atoms with Crippen LogP contribution in [0.25, 0.3) is 0 Å². The summed E-state index contributed by atoms with van der Waals surface area (Å²) in [6, 6.07) is 13.5. The van der Waals surface area contributed by atoms with Gasteiger partial charge in [0, 0.05) is 17.8 Å². The van der Waals surface area contributed by atoms with Crippen LogP contribution in [0.1, 0.15) is 42.5 Å². The predicted molar refractivity (Wildman–Crippen MR) is 133 cm³/mol. The van der Waals surface area contributed by atoms with Crippen molar-refractivity contribution >= 4 is 52.5 Å². The van der Waals surface area contributed by atoms with Crippen LogP contribution in [0.4, 0.5) is 5.69 Å². The molecule has 3 rings (SSSR count). The number of halogens is 2. The molecule has 0 fully saturated rings. The first kappa shape index (κ1) is 25.1. The summed E-state index contributed by atoms with van der Waals surface area (Å²) in [4.78, 5) is 25.1. The highest BCUT2D eigenvalue weighted by Gasteiger charge is 2.24. The smallest absolute Gasteiger partial charge is 0.253 e. The number of thioether (sulfide) groups is 1. The molecule has 10 heteroatoms. The Morgan fingerprint density at radius 1 is 1.06 bits per heavy atom. The molecule has 0 aliphatic heterocycles. The number of hydrogen-bond acceptors (Lipinski definition) is 5. The van der Waals surface area contributed by atoms with Crippen molar-refractivity contribution < 1.29 is 9.59 Å².